The van der Waals surface area contributed by atoms with Gasteiger partial charge in [0.15, 0.2) is 11.6 Å². The highest BCUT2D eigenvalue weighted by molar-refractivity contribution is 6.07. The number of rotatable bonds is 5. The highest BCUT2D eigenvalue weighted by Gasteiger charge is 2.30. The summed E-state index contributed by atoms with van der Waals surface area (Å²) in [5.41, 5.74) is 0.434. The highest BCUT2D eigenvalue weighted by Crippen LogP contribution is 2.36. The van der Waals surface area contributed by atoms with Crippen LogP contribution in [0.15, 0.2) is 36.7 Å². The summed E-state index contributed by atoms with van der Waals surface area (Å²) < 4.78 is 49.4. The summed E-state index contributed by atoms with van der Waals surface area (Å²) in [7, 11) is 2.01. The Bertz CT molecular complexity index is 1390. The number of aromatic nitrogens is 2. The minimum absolute atomic E-state index is 0.130. The molecule has 40 heavy (non-hydrogen) atoms. The van der Waals surface area contributed by atoms with Crippen molar-refractivity contribution >= 4 is 23.2 Å². The lowest BCUT2D eigenvalue weighted by atomic mass is 10.0. The van der Waals surface area contributed by atoms with Crippen LogP contribution in [-0.4, -0.2) is 84.4 Å². The van der Waals surface area contributed by atoms with Gasteiger partial charge in [-0.25, -0.2) is 23.1 Å². The first kappa shape index (κ1) is 27.7. The second kappa shape index (κ2) is 11.3. The number of ether oxygens (including phenoxy) is 1. The molecule has 0 radical (unpaired) electrons. The van der Waals surface area contributed by atoms with Crippen molar-refractivity contribution < 1.29 is 27.8 Å². The van der Waals surface area contributed by atoms with Gasteiger partial charge in [0.05, 0.1) is 30.2 Å². The summed E-state index contributed by atoms with van der Waals surface area (Å²) in [6, 6.07) is 4.46. The van der Waals surface area contributed by atoms with Crippen molar-refractivity contribution in [1.82, 2.24) is 14.9 Å². The van der Waals surface area contributed by atoms with Crippen LogP contribution in [-0.2, 0) is 4.74 Å². The Labute approximate surface area is 230 Å². The van der Waals surface area contributed by atoms with Crippen LogP contribution >= 0.6 is 0 Å². The Hall–Kier alpha value is -3.90. The number of phenolic OH excluding ortho intramolecular Hbond substituents is 1. The minimum Gasteiger partial charge on any atom is -0.508 e. The van der Waals surface area contributed by atoms with E-state index in [0.29, 0.717) is 62.7 Å². The number of hydrogen-bond donors (Lipinski definition) is 2. The molecule has 1 aromatic heterocycles. The Morgan fingerprint density at radius 2 is 1.62 bits per heavy atom. The van der Waals surface area contributed by atoms with Crippen molar-refractivity contribution in [3.05, 3.63) is 59.7 Å². The third-order valence-corrected chi connectivity index (χ3v) is 7.53. The molecule has 0 spiro atoms. The molecular weight excluding hydrogens is 525 g/mol. The van der Waals surface area contributed by atoms with Crippen LogP contribution in [0.2, 0.25) is 0 Å². The fourth-order valence-electron chi connectivity index (χ4n) is 5.06. The molecule has 5 rings (SSSR count). The fourth-order valence-corrected chi connectivity index (χ4v) is 5.06. The van der Waals surface area contributed by atoms with E-state index in [-0.39, 0.29) is 23.3 Å². The summed E-state index contributed by atoms with van der Waals surface area (Å²) in [5.74, 6) is -4.38. The molecule has 2 aliphatic rings. The van der Waals surface area contributed by atoms with Crippen molar-refractivity contribution in [2.24, 2.45) is 0 Å². The maximum Gasteiger partial charge on any atom is 0.258 e. The lowest BCUT2D eigenvalue weighted by Gasteiger charge is -2.44. The van der Waals surface area contributed by atoms with Crippen molar-refractivity contribution in [3.63, 3.8) is 0 Å². The van der Waals surface area contributed by atoms with Gasteiger partial charge in [-0.2, -0.15) is 0 Å². The van der Waals surface area contributed by atoms with Crippen LogP contribution in [0.1, 0.15) is 24.2 Å². The summed E-state index contributed by atoms with van der Waals surface area (Å²) in [6.45, 7) is 7.62. The van der Waals surface area contributed by atoms with Gasteiger partial charge >= 0.3 is 0 Å². The van der Waals surface area contributed by atoms with Gasteiger partial charge in [-0.3, -0.25) is 9.69 Å². The lowest BCUT2D eigenvalue weighted by molar-refractivity contribution is 0.102. The molecule has 2 unspecified atom stereocenters. The molecule has 3 aromatic rings. The zero-order valence-electron chi connectivity index (χ0n) is 22.5. The molecule has 2 N–H and O–H groups in total. The molecule has 0 saturated carbocycles. The number of benzene rings is 2. The number of amides is 1. The second-order valence-corrected chi connectivity index (χ2v) is 10.2. The average molecular weight is 557 g/mol. The molecule has 9 nitrogen and oxygen atoms in total. The standard InChI is InChI=1S/C28H31F3N6O3/c1-16-14-37(15-17(2)35(16)3)25-11-22(29)20(18-12-32-28(33-13-18)36-4-6-40-7-5-36)10-24(25)34-27(39)21-8-19(38)9-23(30)26(21)31/h8-13,16-17,38H,4-7,14-15H2,1-3H3,(H,34,39). The number of carbonyl (C=O) groups is 1. The normalized spacial score (nSPS) is 20.1. The lowest BCUT2D eigenvalue weighted by Crippen LogP contribution is -2.55. The summed E-state index contributed by atoms with van der Waals surface area (Å²) in [6.07, 6.45) is 3.01. The molecular formula is C28H31F3N6O3. The largest absolute Gasteiger partial charge is 0.508 e. The van der Waals surface area contributed by atoms with Crippen molar-refractivity contribution in [1.29, 1.82) is 0 Å². The zero-order chi connectivity index (χ0) is 28.6. The number of nitrogens with one attached hydrogen (secondary N) is 1. The Morgan fingerprint density at radius 3 is 2.27 bits per heavy atom. The van der Waals surface area contributed by atoms with E-state index in [4.69, 9.17) is 4.74 Å². The van der Waals surface area contributed by atoms with Gasteiger partial charge < -0.3 is 25.0 Å². The molecule has 2 fully saturated rings. The zero-order valence-corrected chi connectivity index (χ0v) is 22.5. The van der Waals surface area contributed by atoms with Crippen LogP contribution < -0.4 is 15.1 Å². The Morgan fingerprint density at radius 1 is 0.975 bits per heavy atom. The molecule has 212 valence electrons. The quantitative estimate of drug-likeness (QED) is 0.489. The predicted molar refractivity (Wildman–Crippen MR) is 145 cm³/mol. The van der Waals surface area contributed by atoms with Gasteiger partial charge in [0.25, 0.3) is 5.91 Å². The number of aromatic hydroxyl groups is 1. The molecule has 1 amide bonds. The number of phenols is 1. The number of nitrogens with zero attached hydrogens (tertiary/aromatic N) is 5. The van der Waals surface area contributed by atoms with E-state index in [9.17, 15) is 18.7 Å². The maximum atomic E-state index is 15.7. The highest BCUT2D eigenvalue weighted by atomic mass is 19.2. The number of morpholine rings is 1. The van der Waals surface area contributed by atoms with Gasteiger partial charge in [-0.05, 0) is 39.1 Å². The summed E-state index contributed by atoms with van der Waals surface area (Å²) in [5, 5.41) is 12.4. The smallest absolute Gasteiger partial charge is 0.258 e. The molecule has 2 aromatic carbocycles. The van der Waals surface area contributed by atoms with Crippen LogP contribution in [0.5, 0.6) is 5.75 Å². The monoisotopic (exact) mass is 556 g/mol. The number of halogens is 3. The first-order chi connectivity index (χ1) is 19.1. The van der Waals surface area contributed by atoms with Crippen LogP contribution in [0.4, 0.5) is 30.5 Å². The van der Waals surface area contributed by atoms with Crippen LogP contribution in [0.25, 0.3) is 11.1 Å². The predicted octanol–water partition coefficient (Wildman–Crippen LogP) is 3.88. The summed E-state index contributed by atoms with van der Waals surface area (Å²) >= 11 is 0. The number of hydrogen-bond acceptors (Lipinski definition) is 8. The van der Waals surface area contributed by atoms with E-state index in [2.05, 4.69) is 20.2 Å². The van der Waals surface area contributed by atoms with Crippen molar-refractivity contribution in [3.8, 4) is 16.9 Å². The molecule has 0 aliphatic carbocycles. The SMILES string of the molecule is CC1CN(c2cc(F)c(-c3cnc(N4CCOCC4)nc3)cc2NC(=O)c2cc(O)cc(F)c2F)CC(C)N1C. The molecule has 3 heterocycles. The Balaban J connectivity index is 1.53. The molecule has 0 bridgehead atoms. The van der Waals surface area contributed by atoms with Gasteiger partial charge in [0.2, 0.25) is 5.95 Å². The van der Waals surface area contributed by atoms with E-state index < -0.39 is 34.7 Å². The van der Waals surface area contributed by atoms with E-state index in [0.717, 1.165) is 6.07 Å². The number of carbonyl (C=O) groups excluding carboxylic acids is 1. The topological polar surface area (TPSA) is 94.1 Å². The first-order valence-electron chi connectivity index (χ1n) is 13.1. The first-order valence-corrected chi connectivity index (χ1v) is 13.1. The van der Waals surface area contributed by atoms with Crippen molar-refractivity contribution in [2.75, 3.05) is 61.6 Å². The van der Waals surface area contributed by atoms with E-state index >= 15 is 4.39 Å². The third kappa shape index (κ3) is 5.54. The van der Waals surface area contributed by atoms with Gasteiger partial charge in [0.1, 0.15) is 11.6 Å². The molecule has 2 atom stereocenters. The number of piperazine rings is 1. The van der Waals surface area contributed by atoms with Gasteiger partial charge in [-0.15, -0.1) is 0 Å². The minimum atomic E-state index is -1.40. The third-order valence-electron chi connectivity index (χ3n) is 7.53. The van der Waals surface area contributed by atoms with E-state index in [1.165, 1.54) is 24.5 Å². The van der Waals surface area contributed by atoms with E-state index in [1.54, 1.807) is 0 Å². The van der Waals surface area contributed by atoms with Gasteiger partial charge in [-0.1, -0.05) is 0 Å². The maximum absolute atomic E-state index is 15.7. The average Bonchev–Trinajstić information content (AvgIpc) is 2.94. The van der Waals surface area contributed by atoms with Crippen molar-refractivity contribution in [2.45, 2.75) is 25.9 Å². The van der Waals surface area contributed by atoms with Crippen LogP contribution in [0.3, 0.4) is 0 Å². The number of likely N-dealkylation sites (N-methyl/N-ethyl adjacent to an activating group) is 1. The number of anilines is 3. The molecule has 12 heteroatoms. The molecule has 2 aliphatic heterocycles. The molecule has 2 saturated heterocycles. The summed E-state index contributed by atoms with van der Waals surface area (Å²) in [4.78, 5) is 28.0. The Kier molecular flexibility index (Phi) is 7.81. The van der Waals surface area contributed by atoms with Crippen LogP contribution in [0, 0.1) is 17.5 Å². The van der Waals surface area contributed by atoms with Gasteiger partial charge in [0, 0.05) is 67.8 Å². The second-order valence-electron chi connectivity index (χ2n) is 10.2. The fraction of sp³-hybridized carbons (Fsp3) is 0.393. The van der Waals surface area contributed by atoms with E-state index in [1.807, 2.05) is 30.7 Å².